The number of hydrogen-bond donors (Lipinski definition) is 6. The van der Waals surface area contributed by atoms with Gasteiger partial charge in [-0.05, 0) is 227 Å². The number of methoxy groups -OCH3 is 3. The number of likely N-dealkylation sites (tertiary alicyclic amines) is 3. The summed E-state index contributed by atoms with van der Waals surface area (Å²) in [6.07, 6.45) is 7.04. The van der Waals surface area contributed by atoms with Crippen LogP contribution in [-0.4, -0.2) is 164 Å². The zero-order valence-corrected chi connectivity index (χ0v) is 71.8. The van der Waals surface area contributed by atoms with E-state index in [0.717, 1.165) is 108 Å². The first kappa shape index (κ1) is 92.9. The largest absolute Gasteiger partial charge is 0.453 e. The second-order valence-electron chi connectivity index (χ2n) is 32.8. The summed E-state index contributed by atoms with van der Waals surface area (Å²) in [6.45, 7) is 26.8. The van der Waals surface area contributed by atoms with Crippen LogP contribution < -0.4 is 16.0 Å². The minimum Gasteiger partial charge on any atom is -0.453 e. The molecule has 0 bridgehead atoms. The fourth-order valence-corrected chi connectivity index (χ4v) is 16.3. The number of amides is 6. The van der Waals surface area contributed by atoms with Crippen LogP contribution in [0.25, 0.3) is 33.4 Å². The summed E-state index contributed by atoms with van der Waals surface area (Å²) >= 11 is 20.4. The molecule has 624 valence electrons. The number of nitrogens with one attached hydrogen (secondary N) is 3. The van der Waals surface area contributed by atoms with Crippen molar-refractivity contribution in [1.82, 2.24) is 30.7 Å². The van der Waals surface area contributed by atoms with Crippen LogP contribution >= 0.6 is 34.8 Å². The van der Waals surface area contributed by atoms with Crippen LogP contribution in [0.3, 0.4) is 0 Å². The van der Waals surface area contributed by atoms with Crippen LogP contribution in [0.4, 0.5) is 28.8 Å². The number of alkyl carbamates (subject to hydrolysis) is 3. The van der Waals surface area contributed by atoms with Gasteiger partial charge in [-0.15, -0.1) is 0 Å². The van der Waals surface area contributed by atoms with Gasteiger partial charge in [-0.1, -0.05) is 165 Å². The van der Waals surface area contributed by atoms with Crippen LogP contribution in [0.1, 0.15) is 194 Å². The molecule has 3 fully saturated rings. The number of halogens is 3. The van der Waals surface area contributed by atoms with Crippen LogP contribution in [0, 0.1) is 17.8 Å². The molecule has 24 heteroatoms. The Morgan fingerprint density at radius 3 is 0.868 bits per heavy atom. The lowest BCUT2D eigenvalue weighted by Crippen LogP contribution is -2.49. The average molecular weight is 1640 g/mol. The quantitative estimate of drug-likeness (QED) is 0.0243. The van der Waals surface area contributed by atoms with Crippen molar-refractivity contribution in [2.45, 2.75) is 213 Å². The third kappa shape index (κ3) is 26.1. The van der Waals surface area contributed by atoms with Crippen molar-refractivity contribution < 1.29 is 72.5 Å². The summed E-state index contributed by atoms with van der Waals surface area (Å²) in [5.41, 5.74) is 5.18. The highest BCUT2D eigenvalue weighted by atomic mass is 35.5. The Kier molecular flexibility index (Phi) is 34.6. The zero-order valence-electron chi connectivity index (χ0n) is 69.5. The summed E-state index contributed by atoms with van der Waals surface area (Å²) in [4.78, 5) is 78.8. The van der Waals surface area contributed by atoms with Gasteiger partial charge in [0.15, 0.2) is 0 Å². The summed E-state index contributed by atoms with van der Waals surface area (Å²) in [5, 5.41) is 47.5. The van der Waals surface area contributed by atoms with E-state index in [1.54, 1.807) is 14.7 Å². The number of piperidine rings is 3. The Bertz CT molecular complexity index is 3760. The molecule has 9 rings (SSSR count). The molecule has 6 aromatic carbocycles. The minimum atomic E-state index is -1.30. The molecule has 0 saturated carbocycles. The molecule has 6 N–H and O–H groups in total. The van der Waals surface area contributed by atoms with Gasteiger partial charge >= 0.3 is 36.6 Å². The second-order valence-corrected chi connectivity index (χ2v) is 34.0. The van der Waals surface area contributed by atoms with Crippen LogP contribution in [0.2, 0.25) is 15.1 Å². The summed E-state index contributed by atoms with van der Waals surface area (Å²) < 4.78 is 31.0. The SMILES string of the molecule is CCc1cccc(-c2c(Cl)cccc2C(O)(CCCNC(=O)OC)[C@@H]2CCCN(C(=O)OC(C)(C)C)C2)c1.CCc1cccc(-c2c(Cl)cccc2[C@@](O)(CCCNC(=O)OC)[C@@H]2CCCN(C(=O)OC(C)(C)C)C2)c1.CCc1cccc(-c2c(Cl)cccc2[C@](O)(CCCNC(=O)OC)[C@@H]2CCCN(C(=O)OC(C)(C)C)C2)c1. The van der Waals surface area contributed by atoms with Crippen LogP contribution in [0.15, 0.2) is 127 Å². The third-order valence-corrected chi connectivity index (χ3v) is 22.1. The lowest BCUT2D eigenvalue weighted by Gasteiger charge is -2.43. The number of benzene rings is 6. The highest BCUT2D eigenvalue weighted by Gasteiger charge is 2.47. The van der Waals surface area contributed by atoms with Gasteiger partial charge in [-0.2, -0.15) is 0 Å². The molecule has 0 aromatic heterocycles. The van der Waals surface area contributed by atoms with Crippen LogP contribution in [0.5, 0.6) is 0 Å². The number of rotatable bonds is 24. The lowest BCUT2D eigenvalue weighted by atomic mass is 9.72. The molecule has 0 aliphatic carbocycles. The fraction of sp³-hybridized carbons (Fsp3) is 0.533. The molecule has 6 aromatic rings. The number of nitrogens with zero attached hydrogens (tertiary/aromatic N) is 3. The van der Waals surface area contributed by atoms with Gasteiger partial charge < -0.3 is 74.4 Å². The molecule has 6 amide bonds. The van der Waals surface area contributed by atoms with Gasteiger partial charge in [-0.25, -0.2) is 28.8 Å². The Balaban J connectivity index is 0.000000237. The Morgan fingerprint density at radius 1 is 0.395 bits per heavy atom. The van der Waals surface area contributed by atoms with Crippen molar-refractivity contribution in [2.24, 2.45) is 17.8 Å². The summed E-state index contributed by atoms with van der Waals surface area (Å²) in [7, 11) is 3.96. The average Bonchev–Trinajstić information content (AvgIpc) is 0.768. The maximum Gasteiger partial charge on any atom is 0.410 e. The van der Waals surface area contributed by atoms with Crippen LogP contribution in [-0.2, 0) is 64.5 Å². The Labute approximate surface area is 690 Å². The number of ether oxygens (including phenoxy) is 6. The molecule has 3 saturated heterocycles. The van der Waals surface area contributed by atoms with Gasteiger partial charge in [0.05, 0.1) is 38.1 Å². The lowest BCUT2D eigenvalue weighted by molar-refractivity contribution is -0.0634. The van der Waals surface area contributed by atoms with E-state index in [1.165, 1.54) is 38.0 Å². The highest BCUT2D eigenvalue weighted by Crippen LogP contribution is 2.50. The molecule has 3 aliphatic heterocycles. The van der Waals surface area contributed by atoms with E-state index in [2.05, 4.69) is 87.3 Å². The van der Waals surface area contributed by atoms with Crippen molar-refractivity contribution in [2.75, 3.05) is 80.2 Å². The van der Waals surface area contributed by atoms with E-state index in [1.807, 2.05) is 153 Å². The first-order valence-corrected chi connectivity index (χ1v) is 41.3. The monoisotopic (exact) mass is 1630 g/mol. The highest BCUT2D eigenvalue weighted by molar-refractivity contribution is 6.34. The maximum atomic E-state index is 12.9. The second kappa shape index (κ2) is 42.5. The minimum absolute atomic E-state index is 0.256. The number of carbonyl (C=O) groups is 6. The number of hydrogen-bond acceptors (Lipinski definition) is 15. The van der Waals surface area contributed by atoms with Gasteiger partial charge in [0, 0.05) is 108 Å². The predicted octanol–water partition coefficient (Wildman–Crippen LogP) is 19.6. The molecule has 21 nitrogen and oxygen atoms in total. The first-order valence-electron chi connectivity index (χ1n) is 40.2. The van der Waals surface area contributed by atoms with Gasteiger partial charge in [-0.3, -0.25) is 0 Å². The van der Waals surface area contributed by atoms with Crippen molar-refractivity contribution in [3.05, 3.63) is 176 Å². The molecule has 6 atom stereocenters. The summed E-state index contributed by atoms with van der Waals surface area (Å²) in [6, 6.07) is 41.5. The summed E-state index contributed by atoms with van der Waals surface area (Å²) in [5.74, 6) is -0.768. The normalized spacial score (nSPS) is 17.4. The van der Waals surface area contributed by atoms with E-state index in [0.29, 0.717) is 112 Å². The van der Waals surface area contributed by atoms with E-state index in [4.69, 9.17) is 49.0 Å². The predicted molar refractivity (Wildman–Crippen MR) is 451 cm³/mol. The standard InChI is InChI=1S/3C30H41ClN2O5/c3*1-6-21-11-7-12-22(19-21)26-24(14-8-15-25(26)31)30(36,16-10-17-32-27(34)37-5)23-13-9-18-33(20-23)28(35)38-29(2,3)4/h3*7-8,11-12,14-15,19,23,36H,6,9-10,13,16-18,20H2,1-5H3,(H,32,34)/t23-,30?;23-,30+;23-,30-/m111/s1. The molecule has 0 spiro atoms. The van der Waals surface area contributed by atoms with Crippen molar-refractivity contribution in [3.63, 3.8) is 0 Å². The van der Waals surface area contributed by atoms with Gasteiger partial charge in [0.1, 0.15) is 16.8 Å². The number of carbonyl (C=O) groups excluding carboxylic acids is 6. The zero-order chi connectivity index (χ0) is 83.8. The molecule has 1 unspecified atom stereocenters. The smallest absolute Gasteiger partial charge is 0.410 e. The van der Waals surface area contributed by atoms with Crippen molar-refractivity contribution in [3.8, 4) is 33.4 Å². The molecular formula is C90H123Cl3N6O15. The van der Waals surface area contributed by atoms with Crippen molar-refractivity contribution in [1.29, 1.82) is 0 Å². The van der Waals surface area contributed by atoms with E-state index < -0.39 is 51.9 Å². The molecule has 3 aliphatic rings. The number of aliphatic hydroxyl groups is 3. The third-order valence-electron chi connectivity index (χ3n) is 21.1. The number of aryl methyl sites for hydroxylation is 3. The van der Waals surface area contributed by atoms with E-state index in [9.17, 15) is 44.1 Å². The Hall–Kier alpha value is -8.31. The molecular weight excluding hydrogens is 1510 g/mol. The Morgan fingerprint density at radius 2 is 0.640 bits per heavy atom. The maximum absolute atomic E-state index is 12.9. The first-order chi connectivity index (χ1) is 53.9. The molecule has 114 heavy (non-hydrogen) atoms. The topological polar surface area (TPSA) is 264 Å². The van der Waals surface area contributed by atoms with Gasteiger partial charge in [0.25, 0.3) is 0 Å². The molecule has 0 radical (unpaired) electrons. The molecule has 3 heterocycles. The fourth-order valence-electron chi connectivity index (χ4n) is 15.5. The van der Waals surface area contributed by atoms with Gasteiger partial charge in [0.2, 0.25) is 0 Å². The van der Waals surface area contributed by atoms with E-state index in [-0.39, 0.29) is 36.0 Å². The van der Waals surface area contributed by atoms with Crippen molar-refractivity contribution >= 4 is 71.4 Å². The van der Waals surface area contributed by atoms with E-state index >= 15 is 0 Å².